The highest BCUT2D eigenvalue weighted by atomic mass is 19.1. The molecule has 1 aromatic heterocycles. The van der Waals surface area contributed by atoms with Gasteiger partial charge >= 0.3 is 5.69 Å². The van der Waals surface area contributed by atoms with Crippen LogP contribution in [-0.4, -0.2) is 20.9 Å². The lowest BCUT2D eigenvalue weighted by atomic mass is 10.1. The Morgan fingerprint density at radius 3 is 2.95 bits per heavy atom. The van der Waals surface area contributed by atoms with Crippen LogP contribution in [0.4, 0.5) is 21.8 Å². The lowest BCUT2D eigenvalue weighted by Crippen LogP contribution is -2.10. The van der Waals surface area contributed by atoms with Gasteiger partial charge in [0.05, 0.1) is 4.92 Å². The summed E-state index contributed by atoms with van der Waals surface area (Å²) < 4.78 is 13.2. The van der Waals surface area contributed by atoms with Crippen molar-refractivity contribution in [2.24, 2.45) is 0 Å². The zero-order valence-corrected chi connectivity index (χ0v) is 10.9. The van der Waals surface area contributed by atoms with Crippen molar-refractivity contribution in [2.45, 2.75) is 18.4 Å². The maximum absolute atomic E-state index is 13.2. The maximum atomic E-state index is 13.2. The fourth-order valence-corrected chi connectivity index (χ4v) is 2.22. The molecule has 0 aliphatic heterocycles. The van der Waals surface area contributed by atoms with E-state index in [0.29, 0.717) is 0 Å². The molecule has 0 bridgehead atoms. The Labute approximate surface area is 119 Å². The zero-order chi connectivity index (χ0) is 15.0. The van der Waals surface area contributed by atoms with Crippen molar-refractivity contribution in [3.05, 3.63) is 52.0 Å². The standard InChI is InChI=1S/C13H12FN5O2/c14-8-3-1-2-7(4-8)9-5-10(9)17-13-16-6-11(19(20)21)12(15)18-13/h1-4,6,9-10H,5H2,(H3,15,16,17,18)/t9-,10-/m1/s1. The first-order valence-electron chi connectivity index (χ1n) is 6.33. The molecule has 1 aromatic carbocycles. The molecular weight excluding hydrogens is 277 g/mol. The smallest absolute Gasteiger partial charge is 0.329 e. The van der Waals surface area contributed by atoms with Gasteiger partial charge in [0.15, 0.2) is 0 Å². The molecule has 2 atom stereocenters. The van der Waals surface area contributed by atoms with Gasteiger partial charge in [-0.25, -0.2) is 9.37 Å². The second-order valence-electron chi connectivity index (χ2n) is 4.87. The van der Waals surface area contributed by atoms with E-state index in [2.05, 4.69) is 15.3 Å². The second kappa shape index (κ2) is 4.97. The summed E-state index contributed by atoms with van der Waals surface area (Å²) in [5.74, 6) is -0.0304. The zero-order valence-electron chi connectivity index (χ0n) is 10.9. The lowest BCUT2D eigenvalue weighted by Gasteiger charge is -2.05. The van der Waals surface area contributed by atoms with Crippen LogP contribution in [0.1, 0.15) is 17.9 Å². The first-order chi connectivity index (χ1) is 10.0. The molecule has 0 saturated heterocycles. The number of hydrogen-bond donors (Lipinski definition) is 2. The predicted molar refractivity (Wildman–Crippen MR) is 74.3 cm³/mol. The molecule has 2 aromatic rings. The van der Waals surface area contributed by atoms with Crippen molar-refractivity contribution in [3.63, 3.8) is 0 Å². The average Bonchev–Trinajstić information content (AvgIpc) is 3.17. The Morgan fingerprint density at radius 2 is 2.29 bits per heavy atom. The number of nitrogens with two attached hydrogens (primary N) is 1. The monoisotopic (exact) mass is 289 g/mol. The van der Waals surface area contributed by atoms with Crippen molar-refractivity contribution in [2.75, 3.05) is 11.1 Å². The third kappa shape index (κ3) is 2.73. The number of nitrogens with one attached hydrogen (secondary N) is 1. The number of rotatable bonds is 4. The normalized spacial score (nSPS) is 20.0. The van der Waals surface area contributed by atoms with E-state index in [0.717, 1.165) is 18.2 Å². The number of nitrogen functional groups attached to an aromatic ring is 1. The quantitative estimate of drug-likeness (QED) is 0.659. The molecule has 7 nitrogen and oxygen atoms in total. The topological polar surface area (TPSA) is 107 Å². The summed E-state index contributed by atoms with van der Waals surface area (Å²) >= 11 is 0. The van der Waals surface area contributed by atoms with Crippen molar-refractivity contribution in [1.82, 2.24) is 9.97 Å². The minimum absolute atomic E-state index is 0.0765. The van der Waals surface area contributed by atoms with Gasteiger partial charge in [-0.15, -0.1) is 0 Å². The Kier molecular flexibility index (Phi) is 3.13. The van der Waals surface area contributed by atoms with E-state index in [1.54, 1.807) is 6.07 Å². The van der Waals surface area contributed by atoms with Gasteiger partial charge in [-0.3, -0.25) is 10.1 Å². The maximum Gasteiger partial charge on any atom is 0.329 e. The van der Waals surface area contributed by atoms with Crippen LogP contribution >= 0.6 is 0 Å². The fraction of sp³-hybridized carbons (Fsp3) is 0.231. The molecule has 1 aliphatic rings. The minimum atomic E-state index is -0.633. The first kappa shape index (κ1) is 13.2. The summed E-state index contributed by atoms with van der Waals surface area (Å²) in [6, 6.07) is 6.50. The van der Waals surface area contributed by atoms with E-state index in [1.165, 1.54) is 12.1 Å². The van der Waals surface area contributed by atoms with E-state index >= 15 is 0 Å². The Morgan fingerprint density at radius 1 is 1.48 bits per heavy atom. The summed E-state index contributed by atoms with van der Waals surface area (Å²) in [5.41, 5.74) is 6.09. The molecule has 1 saturated carbocycles. The van der Waals surface area contributed by atoms with Gasteiger partial charge in [0, 0.05) is 12.0 Å². The number of benzene rings is 1. The summed E-state index contributed by atoms with van der Waals surface area (Å²) in [6.07, 6.45) is 1.90. The molecule has 3 rings (SSSR count). The van der Waals surface area contributed by atoms with Gasteiger partial charge in [0.2, 0.25) is 11.8 Å². The van der Waals surface area contributed by atoms with Crippen LogP contribution in [0.25, 0.3) is 0 Å². The van der Waals surface area contributed by atoms with E-state index in [-0.39, 0.29) is 35.2 Å². The molecule has 1 aliphatic carbocycles. The number of halogens is 1. The average molecular weight is 289 g/mol. The van der Waals surface area contributed by atoms with Gasteiger partial charge in [-0.1, -0.05) is 12.1 Å². The minimum Gasteiger partial charge on any atom is -0.378 e. The SMILES string of the molecule is Nc1nc(N[C@@H]2C[C@@H]2c2cccc(F)c2)ncc1[N+](=O)[O-]. The molecule has 3 N–H and O–H groups in total. The summed E-state index contributed by atoms with van der Waals surface area (Å²) in [7, 11) is 0. The molecule has 108 valence electrons. The highest BCUT2D eigenvalue weighted by Crippen LogP contribution is 2.42. The summed E-state index contributed by atoms with van der Waals surface area (Å²) in [6.45, 7) is 0. The fourth-order valence-electron chi connectivity index (χ4n) is 2.22. The van der Waals surface area contributed by atoms with Crippen molar-refractivity contribution >= 4 is 17.5 Å². The molecule has 1 heterocycles. The number of anilines is 2. The number of hydrogen-bond acceptors (Lipinski definition) is 6. The van der Waals surface area contributed by atoms with Gasteiger partial charge in [-0.2, -0.15) is 4.98 Å². The molecule has 0 spiro atoms. The molecular formula is C13H12FN5O2. The number of nitro groups is 1. The lowest BCUT2D eigenvalue weighted by molar-refractivity contribution is -0.384. The third-order valence-electron chi connectivity index (χ3n) is 3.38. The van der Waals surface area contributed by atoms with Crippen molar-refractivity contribution in [3.8, 4) is 0 Å². The van der Waals surface area contributed by atoms with Crippen LogP contribution in [0.15, 0.2) is 30.5 Å². The molecule has 0 radical (unpaired) electrons. The van der Waals surface area contributed by atoms with E-state index in [4.69, 9.17) is 5.73 Å². The molecule has 1 fully saturated rings. The predicted octanol–water partition coefficient (Wildman–Crippen LogP) is 2.07. The highest BCUT2D eigenvalue weighted by Gasteiger charge is 2.39. The van der Waals surface area contributed by atoms with Crippen LogP contribution in [0.5, 0.6) is 0 Å². The largest absolute Gasteiger partial charge is 0.378 e. The molecule has 0 amide bonds. The third-order valence-corrected chi connectivity index (χ3v) is 3.38. The first-order valence-corrected chi connectivity index (χ1v) is 6.33. The van der Waals surface area contributed by atoms with Crippen molar-refractivity contribution in [1.29, 1.82) is 0 Å². The highest BCUT2D eigenvalue weighted by molar-refractivity contribution is 5.53. The van der Waals surface area contributed by atoms with Gasteiger partial charge in [-0.05, 0) is 24.1 Å². The Bertz CT molecular complexity index is 709. The molecule has 0 unspecified atom stereocenters. The summed E-state index contributed by atoms with van der Waals surface area (Å²) in [4.78, 5) is 17.7. The van der Waals surface area contributed by atoms with Crippen molar-refractivity contribution < 1.29 is 9.31 Å². The van der Waals surface area contributed by atoms with Crippen LogP contribution in [-0.2, 0) is 0 Å². The van der Waals surface area contributed by atoms with Crippen LogP contribution in [0, 0.1) is 15.9 Å². The van der Waals surface area contributed by atoms with Crippen LogP contribution in [0.3, 0.4) is 0 Å². The van der Waals surface area contributed by atoms with E-state index in [1.807, 2.05) is 6.07 Å². The van der Waals surface area contributed by atoms with Gasteiger partial charge in [0.1, 0.15) is 12.0 Å². The number of nitrogens with zero attached hydrogens (tertiary/aromatic N) is 3. The summed E-state index contributed by atoms with van der Waals surface area (Å²) in [5, 5.41) is 13.7. The Hall–Kier alpha value is -2.77. The van der Waals surface area contributed by atoms with Gasteiger partial charge < -0.3 is 11.1 Å². The van der Waals surface area contributed by atoms with Crippen LogP contribution in [0.2, 0.25) is 0 Å². The number of aromatic nitrogens is 2. The molecule has 21 heavy (non-hydrogen) atoms. The van der Waals surface area contributed by atoms with E-state index in [9.17, 15) is 14.5 Å². The van der Waals surface area contributed by atoms with E-state index < -0.39 is 4.92 Å². The Balaban J connectivity index is 1.69. The second-order valence-corrected chi connectivity index (χ2v) is 4.87. The van der Waals surface area contributed by atoms with Crippen LogP contribution < -0.4 is 11.1 Å². The molecule has 8 heteroatoms. The van der Waals surface area contributed by atoms with Gasteiger partial charge in [0.25, 0.3) is 0 Å².